The summed E-state index contributed by atoms with van der Waals surface area (Å²) in [6.07, 6.45) is 5.82. The van der Waals surface area contributed by atoms with Gasteiger partial charge in [-0.25, -0.2) is 8.42 Å². The van der Waals surface area contributed by atoms with Gasteiger partial charge >= 0.3 is 0 Å². The molecule has 0 aromatic rings. The fraction of sp³-hybridized carbons (Fsp3) is 0.857. The summed E-state index contributed by atoms with van der Waals surface area (Å²) < 4.78 is 22.8. The SMILES string of the molecule is O=C(NC1CCCC1)C1(C(=O)NC2CCS(=O)(=O)C2)CC1. The Morgan fingerprint density at radius 1 is 0.905 bits per heavy atom. The van der Waals surface area contributed by atoms with Gasteiger partial charge in [0.05, 0.1) is 11.5 Å². The van der Waals surface area contributed by atoms with Crippen LogP contribution in [0.2, 0.25) is 0 Å². The minimum Gasteiger partial charge on any atom is -0.352 e. The van der Waals surface area contributed by atoms with Crippen LogP contribution in [0.15, 0.2) is 0 Å². The lowest BCUT2D eigenvalue weighted by molar-refractivity contribution is -0.137. The van der Waals surface area contributed by atoms with Crippen LogP contribution in [-0.2, 0) is 19.4 Å². The van der Waals surface area contributed by atoms with Gasteiger partial charge in [0.15, 0.2) is 9.84 Å². The lowest BCUT2D eigenvalue weighted by atomic mass is 10.0. The van der Waals surface area contributed by atoms with E-state index in [4.69, 9.17) is 0 Å². The molecule has 3 rings (SSSR count). The van der Waals surface area contributed by atoms with Gasteiger partial charge in [0, 0.05) is 12.1 Å². The van der Waals surface area contributed by atoms with Gasteiger partial charge in [-0.3, -0.25) is 9.59 Å². The highest BCUT2D eigenvalue weighted by Crippen LogP contribution is 2.46. The highest BCUT2D eigenvalue weighted by Gasteiger charge is 2.57. The Hall–Kier alpha value is -1.11. The van der Waals surface area contributed by atoms with E-state index in [0.29, 0.717) is 19.3 Å². The van der Waals surface area contributed by atoms with Crippen LogP contribution in [0.4, 0.5) is 0 Å². The van der Waals surface area contributed by atoms with Crippen LogP contribution < -0.4 is 10.6 Å². The molecule has 118 valence electrons. The predicted octanol–water partition coefficient (Wildman–Crippen LogP) is 0.129. The van der Waals surface area contributed by atoms with Crippen molar-refractivity contribution in [2.45, 2.75) is 57.0 Å². The molecule has 21 heavy (non-hydrogen) atoms. The summed E-state index contributed by atoms with van der Waals surface area (Å²) in [5, 5.41) is 5.75. The van der Waals surface area contributed by atoms with Crippen LogP contribution in [0.1, 0.15) is 44.9 Å². The summed E-state index contributed by atoms with van der Waals surface area (Å²) in [5.74, 6) is -0.342. The van der Waals surface area contributed by atoms with E-state index in [1.165, 1.54) is 0 Å². The normalized spacial score (nSPS) is 30.0. The maximum absolute atomic E-state index is 12.3. The largest absolute Gasteiger partial charge is 0.352 e. The van der Waals surface area contributed by atoms with Gasteiger partial charge < -0.3 is 10.6 Å². The van der Waals surface area contributed by atoms with E-state index in [2.05, 4.69) is 10.6 Å². The summed E-state index contributed by atoms with van der Waals surface area (Å²) in [7, 11) is -3.02. The zero-order chi connectivity index (χ0) is 15.1. The van der Waals surface area contributed by atoms with Crippen LogP contribution >= 0.6 is 0 Å². The molecular weight excluding hydrogens is 292 g/mol. The molecule has 0 aromatic carbocycles. The molecule has 1 heterocycles. The van der Waals surface area contributed by atoms with Gasteiger partial charge in [-0.05, 0) is 32.1 Å². The molecule has 0 aromatic heterocycles. The minimum atomic E-state index is -3.02. The lowest BCUT2D eigenvalue weighted by Crippen LogP contribution is -2.48. The molecule has 2 N–H and O–H groups in total. The first-order valence-corrected chi connectivity index (χ1v) is 9.56. The molecule has 1 atom stereocenters. The monoisotopic (exact) mass is 314 g/mol. The number of hydrogen-bond acceptors (Lipinski definition) is 4. The van der Waals surface area contributed by atoms with Crippen molar-refractivity contribution in [3.8, 4) is 0 Å². The number of carbonyl (C=O) groups excluding carboxylic acids is 2. The molecule has 3 aliphatic rings. The van der Waals surface area contributed by atoms with E-state index in [0.717, 1.165) is 25.7 Å². The molecule has 0 spiro atoms. The first-order chi connectivity index (χ1) is 9.91. The van der Waals surface area contributed by atoms with Crippen molar-refractivity contribution in [3.63, 3.8) is 0 Å². The Labute approximate surface area is 125 Å². The van der Waals surface area contributed by atoms with Gasteiger partial charge in [-0.15, -0.1) is 0 Å². The third-order valence-corrected chi connectivity index (χ3v) is 6.65. The average Bonchev–Trinajstić information content (AvgIpc) is 2.96. The maximum Gasteiger partial charge on any atom is 0.235 e. The van der Waals surface area contributed by atoms with Gasteiger partial charge in [0.25, 0.3) is 0 Å². The van der Waals surface area contributed by atoms with E-state index >= 15 is 0 Å². The number of rotatable bonds is 4. The molecule has 2 amide bonds. The van der Waals surface area contributed by atoms with Crippen LogP contribution in [0.25, 0.3) is 0 Å². The van der Waals surface area contributed by atoms with E-state index < -0.39 is 15.3 Å². The van der Waals surface area contributed by atoms with Crippen molar-refractivity contribution in [2.75, 3.05) is 11.5 Å². The second kappa shape index (κ2) is 5.26. The van der Waals surface area contributed by atoms with Crippen molar-refractivity contribution in [2.24, 2.45) is 5.41 Å². The van der Waals surface area contributed by atoms with Gasteiger partial charge in [-0.2, -0.15) is 0 Å². The molecule has 1 saturated heterocycles. The Morgan fingerprint density at radius 2 is 1.48 bits per heavy atom. The summed E-state index contributed by atoms with van der Waals surface area (Å²) in [6, 6.07) is -0.131. The molecule has 1 unspecified atom stereocenters. The average molecular weight is 314 g/mol. The Morgan fingerprint density at radius 3 is 1.95 bits per heavy atom. The first kappa shape index (κ1) is 14.8. The summed E-state index contributed by atoms with van der Waals surface area (Å²) >= 11 is 0. The van der Waals surface area contributed by atoms with Crippen molar-refractivity contribution in [1.82, 2.24) is 10.6 Å². The molecule has 0 radical (unpaired) electrons. The number of amides is 2. The minimum absolute atomic E-state index is 0.000929. The Bertz CT molecular complexity index is 547. The number of sulfone groups is 1. The Kier molecular flexibility index (Phi) is 3.71. The topological polar surface area (TPSA) is 92.3 Å². The van der Waals surface area contributed by atoms with Crippen LogP contribution in [0, 0.1) is 5.41 Å². The van der Waals surface area contributed by atoms with Crippen molar-refractivity contribution in [1.29, 1.82) is 0 Å². The molecular formula is C14H22N2O4S. The number of carbonyl (C=O) groups is 2. The second-order valence-corrected chi connectivity index (χ2v) is 8.84. The zero-order valence-electron chi connectivity index (χ0n) is 12.1. The molecule has 3 fully saturated rings. The number of nitrogens with one attached hydrogen (secondary N) is 2. The summed E-state index contributed by atoms with van der Waals surface area (Å²) in [5.41, 5.74) is -0.936. The third kappa shape index (κ3) is 3.07. The zero-order valence-corrected chi connectivity index (χ0v) is 12.9. The molecule has 2 saturated carbocycles. The van der Waals surface area contributed by atoms with Crippen molar-refractivity contribution in [3.05, 3.63) is 0 Å². The highest BCUT2D eigenvalue weighted by atomic mass is 32.2. The summed E-state index contributed by atoms with van der Waals surface area (Å²) in [6.45, 7) is 0. The molecule has 7 heteroatoms. The fourth-order valence-corrected chi connectivity index (χ4v) is 4.98. The highest BCUT2D eigenvalue weighted by molar-refractivity contribution is 7.91. The van der Waals surface area contributed by atoms with E-state index in [1.54, 1.807) is 0 Å². The summed E-state index contributed by atoms with van der Waals surface area (Å²) in [4.78, 5) is 24.7. The Balaban J connectivity index is 1.57. The lowest BCUT2D eigenvalue weighted by Gasteiger charge is -2.20. The first-order valence-electron chi connectivity index (χ1n) is 7.74. The molecule has 6 nitrogen and oxygen atoms in total. The van der Waals surface area contributed by atoms with Gasteiger partial charge in [0.2, 0.25) is 11.8 Å². The maximum atomic E-state index is 12.3. The van der Waals surface area contributed by atoms with Crippen molar-refractivity contribution < 1.29 is 18.0 Å². The van der Waals surface area contributed by atoms with Crippen LogP contribution in [-0.4, -0.2) is 43.8 Å². The van der Waals surface area contributed by atoms with E-state index in [9.17, 15) is 18.0 Å². The van der Waals surface area contributed by atoms with Gasteiger partial charge in [-0.1, -0.05) is 12.8 Å². The predicted molar refractivity (Wildman–Crippen MR) is 77.3 cm³/mol. The third-order valence-electron chi connectivity index (χ3n) is 4.88. The van der Waals surface area contributed by atoms with Gasteiger partial charge in [0.1, 0.15) is 5.41 Å². The smallest absolute Gasteiger partial charge is 0.235 e. The fourth-order valence-electron chi connectivity index (χ4n) is 3.31. The molecule has 2 aliphatic carbocycles. The molecule has 0 bridgehead atoms. The molecule has 1 aliphatic heterocycles. The van der Waals surface area contributed by atoms with E-state index in [-0.39, 0.29) is 35.4 Å². The van der Waals surface area contributed by atoms with Crippen LogP contribution in [0.5, 0.6) is 0 Å². The standard InChI is InChI=1S/C14H22N2O4S/c17-12(15-10-3-1-2-4-10)14(6-7-14)13(18)16-11-5-8-21(19,20)9-11/h10-11H,1-9H2,(H,15,17)(H,16,18). The van der Waals surface area contributed by atoms with Crippen LogP contribution in [0.3, 0.4) is 0 Å². The van der Waals surface area contributed by atoms with E-state index in [1.807, 2.05) is 0 Å². The second-order valence-electron chi connectivity index (χ2n) is 6.61. The number of hydrogen-bond donors (Lipinski definition) is 2. The van der Waals surface area contributed by atoms with Crippen molar-refractivity contribution >= 4 is 21.7 Å². The quantitative estimate of drug-likeness (QED) is 0.721.